The number of fused-ring (bicyclic) bond motifs is 2. The number of hydrogen-bond acceptors (Lipinski definition) is 5. The Hall–Kier alpha value is -1.15. The summed E-state index contributed by atoms with van der Waals surface area (Å²) in [6.45, 7) is 3.17. The number of hydrogen-bond donors (Lipinski definition) is 0. The Morgan fingerprint density at radius 3 is 2.62 bits per heavy atom. The zero-order chi connectivity index (χ0) is 17.5. The van der Waals surface area contributed by atoms with Crippen LogP contribution in [0.1, 0.15) is 13.3 Å². The number of sulfonamides is 1. The molecule has 2 bridgehead atoms. The van der Waals surface area contributed by atoms with Gasteiger partial charge in [-0.2, -0.15) is 4.31 Å². The molecule has 0 saturated carbocycles. The lowest BCUT2D eigenvalue weighted by atomic mass is 9.96. The van der Waals surface area contributed by atoms with Gasteiger partial charge in [-0.1, -0.05) is 12.1 Å². The minimum atomic E-state index is -3.60. The summed E-state index contributed by atoms with van der Waals surface area (Å²) in [5.74, 6) is 0.752. The fourth-order valence-corrected chi connectivity index (χ4v) is 6.21. The Bertz CT molecular complexity index is 694. The number of methoxy groups -OCH3 is 2. The van der Waals surface area contributed by atoms with E-state index in [1.165, 1.54) is 7.11 Å². The Balaban J connectivity index is 1.95. The molecule has 0 amide bonds. The van der Waals surface area contributed by atoms with Gasteiger partial charge in [-0.15, -0.1) is 0 Å². The van der Waals surface area contributed by atoms with Crippen LogP contribution in [-0.4, -0.2) is 70.2 Å². The highest BCUT2D eigenvalue weighted by Crippen LogP contribution is 2.40. The van der Waals surface area contributed by atoms with Gasteiger partial charge in [0, 0.05) is 37.7 Å². The summed E-state index contributed by atoms with van der Waals surface area (Å²) >= 11 is 0. The SMILES string of the molecule is COC[C@H]1C[C@@H]2CN(S(=O)(=O)c3ccccc3OC)C(C)[C@H]1N2C. The van der Waals surface area contributed by atoms with Crippen molar-refractivity contribution in [3.05, 3.63) is 24.3 Å². The van der Waals surface area contributed by atoms with Crippen molar-refractivity contribution in [2.24, 2.45) is 5.92 Å². The van der Waals surface area contributed by atoms with E-state index in [2.05, 4.69) is 11.9 Å². The van der Waals surface area contributed by atoms with Crippen LogP contribution in [0.4, 0.5) is 0 Å². The first-order valence-corrected chi connectivity index (χ1v) is 9.71. The number of piperazine rings is 1. The number of para-hydroxylation sites is 1. The van der Waals surface area contributed by atoms with Crippen LogP contribution < -0.4 is 4.74 Å². The van der Waals surface area contributed by atoms with Gasteiger partial charge in [-0.05, 0) is 32.5 Å². The van der Waals surface area contributed by atoms with Crippen LogP contribution in [-0.2, 0) is 14.8 Å². The van der Waals surface area contributed by atoms with Crippen molar-refractivity contribution in [2.45, 2.75) is 36.4 Å². The first kappa shape index (κ1) is 17.7. The summed E-state index contributed by atoms with van der Waals surface area (Å²) in [6, 6.07) is 7.12. The Morgan fingerprint density at radius 2 is 1.96 bits per heavy atom. The van der Waals surface area contributed by atoms with Crippen LogP contribution >= 0.6 is 0 Å². The third kappa shape index (κ3) is 2.73. The molecule has 2 aliphatic heterocycles. The molecule has 2 fully saturated rings. The number of benzene rings is 1. The quantitative estimate of drug-likeness (QED) is 0.800. The van der Waals surface area contributed by atoms with Crippen molar-refractivity contribution in [2.75, 3.05) is 34.4 Å². The van der Waals surface area contributed by atoms with E-state index >= 15 is 0 Å². The monoisotopic (exact) mass is 354 g/mol. The summed E-state index contributed by atoms with van der Waals surface area (Å²) in [5.41, 5.74) is 0. The number of rotatable bonds is 5. The largest absolute Gasteiger partial charge is 0.495 e. The molecule has 134 valence electrons. The normalized spacial score (nSPS) is 31.3. The maximum absolute atomic E-state index is 13.3. The lowest BCUT2D eigenvalue weighted by molar-refractivity contribution is 0.0624. The van der Waals surface area contributed by atoms with E-state index in [-0.39, 0.29) is 23.0 Å². The van der Waals surface area contributed by atoms with Gasteiger partial charge in [0.1, 0.15) is 10.6 Å². The van der Waals surface area contributed by atoms with E-state index < -0.39 is 10.0 Å². The highest BCUT2D eigenvalue weighted by Gasteiger charge is 2.51. The lowest BCUT2D eigenvalue weighted by Gasteiger charge is -2.44. The maximum Gasteiger partial charge on any atom is 0.247 e. The van der Waals surface area contributed by atoms with Gasteiger partial charge in [0.25, 0.3) is 0 Å². The van der Waals surface area contributed by atoms with E-state index in [1.54, 1.807) is 35.7 Å². The van der Waals surface area contributed by atoms with E-state index in [0.29, 0.717) is 24.8 Å². The molecule has 2 aliphatic rings. The van der Waals surface area contributed by atoms with Gasteiger partial charge in [-0.25, -0.2) is 8.42 Å². The molecule has 1 unspecified atom stereocenters. The van der Waals surface area contributed by atoms with Crippen LogP contribution in [0.25, 0.3) is 0 Å². The van der Waals surface area contributed by atoms with Gasteiger partial charge >= 0.3 is 0 Å². The van der Waals surface area contributed by atoms with Crippen molar-refractivity contribution in [3.63, 3.8) is 0 Å². The first-order chi connectivity index (χ1) is 11.4. The molecule has 4 atom stereocenters. The number of likely N-dealkylation sites (N-methyl/N-ethyl adjacent to an activating group) is 1. The molecular weight excluding hydrogens is 328 g/mol. The highest BCUT2D eigenvalue weighted by molar-refractivity contribution is 7.89. The average molecular weight is 354 g/mol. The predicted molar refractivity (Wildman–Crippen MR) is 91.7 cm³/mol. The molecule has 3 rings (SSSR count). The third-order valence-electron chi connectivity index (χ3n) is 5.48. The molecule has 7 heteroatoms. The van der Waals surface area contributed by atoms with Crippen molar-refractivity contribution >= 4 is 10.0 Å². The molecule has 0 N–H and O–H groups in total. The zero-order valence-corrected chi connectivity index (χ0v) is 15.5. The standard InChI is InChI=1S/C17H26N2O4S/c1-12-17-13(11-22-3)9-14(18(17)2)10-19(12)24(20,21)16-8-6-5-7-15(16)23-4/h5-8,12-14,17H,9-11H2,1-4H3/t12?,13-,14-,17-/m1/s1. The lowest BCUT2D eigenvalue weighted by Crippen LogP contribution is -2.59. The molecule has 0 radical (unpaired) electrons. The van der Waals surface area contributed by atoms with Gasteiger partial charge in [-0.3, -0.25) is 4.90 Å². The second-order valence-electron chi connectivity index (χ2n) is 6.73. The maximum atomic E-state index is 13.3. The van der Waals surface area contributed by atoms with Crippen molar-refractivity contribution in [1.82, 2.24) is 9.21 Å². The third-order valence-corrected chi connectivity index (χ3v) is 7.47. The van der Waals surface area contributed by atoms with Crippen LogP contribution in [0.2, 0.25) is 0 Å². The van der Waals surface area contributed by atoms with Crippen molar-refractivity contribution < 1.29 is 17.9 Å². The second kappa shape index (κ2) is 6.63. The predicted octanol–water partition coefficient (Wildman–Crippen LogP) is 1.42. The molecular formula is C17H26N2O4S. The molecule has 0 spiro atoms. The molecule has 2 saturated heterocycles. The van der Waals surface area contributed by atoms with Crippen molar-refractivity contribution in [1.29, 1.82) is 0 Å². The van der Waals surface area contributed by atoms with Crippen LogP contribution in [0.3, 0.4) is 0 Å². The van der Waals surface area contributed by atoms with Gasteiger partial charge in [0.05, 0.1) is 13.7 Å². The molecule has 1 aromatic rings. The van der Waals surface area contributed by atoms with Crippen molar-refractivity contribution in [3.8, 4) is 5.75 Å². The highest BCUT2D eigenvalue weighted by atomic mass is 32.2. The molecule has 2 heterocycles. The summed E-state index contributed by atoms with van der Waals surface area (Å²) in [7, 11) is 1.70. The van der Waals surface area contributed by atoms with E-state index in [0.717, 1.165) is 6.42 Å². The average Bonchev–Trinajstić information content (AvgIpc) is 2.78. The Kier molecular flexibility index (Phi) is 4.88. The first-order valence-electron chi connectivity index (χ1n) is 8.27. The van der Waals surface area contributed by atoms with Gasteiger partial charge in [0.15, 0.2) is 0 Å². The van der Waals surface area contributed by atoms with Crippen LogP contribution in [0.15, 0.2) is 29.2 Å². The van der Waals surface area contributed by atoms with Crippen LogP contribution in [0.5, 0.6) is 5.75 Å². The van der Waals surface area contributed by atoms with E-state index in [4.69, 9.17) is 9.47 Å². The molecule has 1 aromatic carbocycles. The zero-order valence-electron chi connectivity index (χ0n) is 14.7. The van der Waals surface area contributed by atoms with Gasteiger partial charge < -0.3 is 9.47 Å². The fourth-order valence-electron chi connectivity index (χ4n) is 4.37. The molecule has 0 aromatic heterocycles. The minimum absolute atomic E-state index is 0.108. The van der Waals surface area contributed by atoms with E-state index in [9.17, 15) is 8.42 Å². The topological polar surface area (TPSA) is 59.1 Å². The Morgan fingerprint density at radius 1 is 1.25 bits per heavy atom. The summed E-state index contributed by atoms with van der Waals surface area (Å²) in [5, 5.41) is 0. The minimum Gasteiger partial charge on any atom is -0.495 e. The van der Waals surface area contributed by atoms with E-state index in [1.807, 2.05) is 6.92 Å². The van der Waals surface area contributed by atoms with Crippen LogP contribution in [0, 0.1) is 5.92 Å². The summed E-state index contributed by atoms with van der Waals surface area (Å²) in [4.78, 5) is 2.56. The van der Waals surface area contributed by atoms with Gasteiger partial charge in [0.2, 0.25) is 10.0 Å². The number of nitrogens with zero attached hydrogens (tertiary/aromatic N) is 2. The summed E-state index contributed by atoms with van der Waals surface area (Å²) < 4.78 is 38.8. The fraction of sp³-hybridized carbons (Fsp3) is 0.647. The smallest absolute Gasteiger partial charge is 0.247 e. The molecule has 0 aliphatic carbocycles. The molecule has 6 nitrogen and oxygen atoms in total. The second-order valence-corrected chi connectivity index (χ2v) is 8.59. The number of ether oxygens (including phenoxy) is 2. The molecule has 24 heavy (non-hydrogen) atoms. The summed E-state index contributed by atoms with van der Waals surface area (Å²) in [6.07, 6.45) is 0.970. The Labute approximate surface area is 144 Å².